The summed E-state index contributed by atoms with van der Waals surface area (Å²) in [6.45, 7) is 9.42. The number of rotatable bonds is 4. The molecular weight excluding hydrogens is 945 g/mol. The molecule has 0 bridgehead atoms. The monoisotopic (exact) mass is 994 g/mol. The highest BCUT2D eigenvalue weighted by Crippen LogP contribution is 2.54. The normalized spacial score (nSPS) is 14.6. The van der Waals surface area contributed by atoms with Crippen LogP contribution in [0.5, 0.6) is 0 Å². The maximum Gasteiger partial charge on any atom is 0.159 e. The molecule has 0 aliphatic heterocycles. The van der Waals surface area contributed by atoms with Crippen molar-refractivity contribution in [3.63, 3.8) is 0 Å². The lowest BCUT2D eigenvalue weighted by atomic mass is 9.79. The molecule has 0 unspecified atom stereocenters. The van der Waals surface area contributed by atoms with Crippen molar-refractivity contribution in [1.29, 1.82) is 0 Å². The van der Waals surface area contributed by atoms with E-state index in [2.05, 4.69) is 260 Å². The first kappa shape index (κ1) is 44.4. The predicted molar refractivity (Wildman–Crippen MR) is 328 cm³/mol. The first-order chi connectivity index (χ1) is 38.4. The molecule has 3 aromatic heterocycles. The third-order valence-electron chi connectivity index (χ3n) is 17.1. The van der Waals surface area contributed by atoms with Crippen molar-refractivity contribution >= 4 is 81.5 Å². The molecule has 16 rings (SSSR count). The highest BCUT2D eigenvalue weighted by molar-refractivity contribution is 6.27. The summed E-state index contributed by atoms with van der Waals surface area (Å²) < 4.78 is 4.78. The lowest BCUT2D eigenvalue weighted by molar-refractivity contribution is 0.661. The molecular formula is C74H50N4. The highest BCUT2D eigenvalue weighted by atomic mass is 15.0. The molecule has 78 heavy (non-hydrogen) atoms. The Kier molecular flexibility index (Phi) is 9.56. The third kappa shape index (κ3) is 6.53. The molecule has 4 heteroatoms. The van der Waals surface area contributed by atoms with E-state index in [4.69, 9.17) is 9.97 Å². The fraction of sp³-hybridized carbons (Fsp3) is 0.0541. The van der Waals surface area contributed by atoms with Gasteiger partial charge in [0, 0.05) is 61.9 Å². The number of nitrogens with zero attached hydrogens (tertiary/aromatic N) is 4. The number of allylic oxidation sites excluding steroid dienone is 5. The molecule has 14 aromatic rings. The van der Waals surface area contributed by atoms with Gasteiger partial charge in [-0.2, -0.15) is 0 Å². The fourth-order valence-electron chi connectivity index (χ4n) is 13.4. The molecule has 0 saturated carbocycles. The summed E-state index contributed by atoms with van der Waals surface area (Å²) in [6, 6.07) is 76.2. The lowest BCUT2D eigenvalue weighted by Crippen LogP contribution is -2.15. The van der Waals surface area contributed by atoms with Crippen molar-refractivity contribution in [2.24, 2.45) is 0 Å². The highest BCUT2D eigenvalue weighted by Gasteiger charge is 2.37. The molecule has 0 amide bonds. The topological polar surface area (TPSA) is 35.6 Å². The minimum absolute atomic E-state index is 0.237. The van der Waals surface area contributed by atoms with E-state index in [9.17, 15) is 0 Å². The number of para-hydroxylation sites is 4. The molecule has 0 atom stereocenters. The predicted octanol–water partition coefficient (Wildman–Crippen LogP) is 19.1. The number of hydrogen-bond acceptors (Lipinski definition) is 2. The summed E-state index contributed by atoms with van der Waals surface area (Å²) in [5.74, 6) is 0.665. The number of aromatic nitrogens is 4. The van der Waals surface area contributed by atoms with E-state index in [1.807, 2.05) is 12.4 Å². The molecule has 0 saturated heterocycles. The smallest absolute Gasteiger partial charge is 0.159 e. The Labute approximate surface area is 451 Å². The van der Waals surface area contributed by atoms with Crippen LogP contribution in [0.3, 0.4) is 0 Å². The van der Waals surface area contributed by atoms with Crippen LogP contribution in [-0.2, 0) is 11.8 Å². The molecule has 11 aromatic carbocycles. The van der Waals surface area contributed by atoms with E-state index in [-0.39, 0.29) is 5.41 Å². The Morgan fingerprint density at radius 3 is 1.50 bits per heavy atom. The first-order valence-electron chi connectivity index (χ1n) is 27.0. The molecule has 0 fully saturated rings. The van der Waals surface area contributed by atoms with Crippen LogP contribution < -0.4 is 0 Å². The van der Waals surface area contributed by atoms with Crippen LogP contribution in [-0.4, -0.2) is 19.1 Å². The van der Waals surface area contributed by atoms with Crippen molar-refractivity contribution in [1.82, 2.24) is 19.1 Å². The Hall–Kier alpha value is -9.90. The van der Waals surface area contributed by atoms with Crippen molar-refractivity contribution in [3.05, 3.63) is 272 Å². The quantitative estimate of drug-likeness (QED) is 0.165. The average molecular weight is 995 g/mol. The van der Waals surface area contributed by atoms with Gasteiger partial charge in [0.15, 0.2) is 5.82 Å². The van der Waals surface area contributed by atoms with Crippen LogP contribution in [0.4, 0.5) is 0 Å². The zero-order valence-corrected chi connectivity index (χ0v) is 43.3. The summed E-state index contributed by atoms with van der Waals surface area (Å²) in [6.07, 6.45) is 13.5. The Morgan fingerprint density at radius 2 is 0.885 bits per heavy atom. The van der Waals surface area contributed by atoms with Crippen LogP contribution in [0.25, 0.3) is 138 Å². The Morgan fingerprint density at radius 1 is 0.385 bits per heavy atom. The van der Waals surface area contributed by atoms with E-state index in [1.54, 1.807) is 0 Å². The molecule has 4 nitrogen and oxygen atoms in total. The standard InChI is InChI=1S/C74H50N4/c1-45-19-5-4-6-20-46-21-7-8-22-52(46)63-41-67-65(39-60(45)63)66-40-62-54-24-10-9-23-53(54)61-37-47(33-34-55(61)64(62)42-68(66)74(67,2)3)49-43-75-73(76-44-49)48-35-50(77-69-29-15-11-25-56(69)57-26-12-16-30-70(57)77)38-51(36-48)78-71-31-17-13-27-58(71)59-28-14-18-32-72(59)78/h4-19,21-44H,1,20H2,2-3H3/b6-4-,19-5-. The minimum atomic E-state index is -0.237. The summed E-state index contributed by atoms with van der Waals surface area (Å²) in [5, 5.41) is 12.3. The molecule has 0 spiro atoms. The van der Waals surface area contributed by atoms with Gasteiger partial charge < -0.3 is 9.13 Å². The summed E-state index contributed by atoms with van der Waals surface area (Å²) >= 11 is 0. The van der Waals surface area contributed by atoms with Crippen molar-refractivity contribution in [3.8, 4) is 56.1 Å². The van der Waals surface area contributed by atoms with Crippen molar-refractivity contribution in [2.75, 3.05) is 0 Å². The van der Waals surface area contributed by atoms with Gasteiger partial charge in [-0.15, -0.1) is 0 Å². The molecule has 2 aliphatic carbocycles. The lowest BCUT2D eigenvalue weighted by Gasteiger charge is -2.24. The summed E-state index contributed by atoms with van der Waals surface area (Å²) in [7, 11) is 0. The van der Waals surface area contributed by atoms with E-state index < -0.39 is 0 Å². The van der Waals surface area contributed by atoms with Gasteiger partial charge in [-0.25, -0.2) is 9.97 Å². The van der Waals surface area contributed by atoms with Gasteiger partial charge in [-0.1, -0.05) is 178 Å². The maximum absolute atomic E-state index is 5.21. The van der Waals surface area contributed by atoms with E-state index in [0.717, 1.165) is 62.1 Å². The zero-order chi connectivity index (χ0) is 51.8. The van der Waals surface area contributed by atoms with Gasteiger partial charge >= 0.3 is 0 Å². The number of benzene rings is 11. The second-order valence-corrected chi connectivity index (χ2v) is 21.8. The fourth-order valence-corrected chi connectivity index (χ4v) is 13.4. The van der Waals surface area contributed by atoms with E-state index in [0.29, 0.717) is 5.82 Å². The van der Waals surface area contributed by atoms with Gasteiger partial charge in [0.05, 0.1) is 22.1 Å². The molecule has 0 N–H and O–H groups in total. The van der Waals surface area contributed by atoms with Crippen molar-refractivity contribution < 1.29 is 0 Å². The van der Waals surface area contributed by atoms with Crippen LogP contribution >= 0.6 is 0 Å². The number of fused-ring (bicyclic) bond motifs is 18. The summed E-state index contributed by atoms with van der Waals surface area (Å²) in [5.41, 5.74) is 20.8. The van der Waals surface area contributed by atoms with Gasteiger partial charge in [0.1, 0.15) is 0 Å². The van der Waals surface area contributed by atoms with Gasteiger partial charge in [0.2, 0.25) is 0 Å². The van der Waals surface area contributed by atoms with E-state index in [1.165, 1.54) is 98.4 Å². The molecule has 3 heterocycles. The van der Waals surface area contributed by atoms with Crippen LogP contribution in [0.15, 0.2) is 250 Å². The Balaban J connectivity index is 0.835. The Bertz CT molecular complexity index is 4740. The van der Waals surface area contributed by atoms with Crippen molar-refractivity contribution in [2.45, 2.75) is 25.7 Å². The molecule has 366 valence electrons. The average Bonchev–Trinajstić information content (AvgIpc) is 4.29. The SMILES string of the molecule is C=C1/C=C\C=C/Cc2ccccc2-c2cc3c(cc21)-c1cc2c4ccccc4c4cc(-c5cnc(-c6cc(-n7c8ccccc8c8ccccc87)cc(-n7c8ccccc8c8ccccc87)c6)nc5)ccc4c2cc1C3(C)C. The molecule has 0 radical (unpaired) electrons. The minimum Gasteiger partial charge on any atom is -0.309 e. The zero-order valence-electron chi connectivity index (χ0n) is 43.3. The third-order valence-corrected chi connectivity index (χ3v) is 17.1. The number of hydrogen-bond donors (Lipinski definition) is 0. The maximum atomic E-state index is 5.21. The second kappa shape index (κ2) is 16.8. The van der Waals surface area contributed by atoms with Gasteiger partial charge in [-0.3, -0.25) is 0 Å². The van der Waals surface area contributed by atoms with E-state index >= 15 is 0 Å². The second-order valence-electron chi connectivity index (χ2n) is 21.8. The largest absolute Gasteiger partial charge is 0.309 e. The first-order valence-corrected chi connectivity index (χ1v) is 27.0. The van der Waals surface area contributed by atoms with Crippen LogP contribution in [0, 0.1) is 0 Å². The van der Waals surface area contributed by atoms with Crippen LogP contribution in [0.1, 0.15) is 36.1 Å². The van der Waals surface area contributed by atoms with Crippen LogP contribution in [0.2, 0.25) is 0 Å². The molecule has 2 aliphatic rings. The summed E-state index contributed by atoms with van der Waals surface area (Å²) in [4.78, 5) is 10.4. The van der Waals surface area contributed by atoms with Gasteiger partial charge in [-0.05, 0) is 167 Å². The van der Waals surface area contributed by atoms with Gasteiger partial charge in [0.25, 0.3) is 0 Å².